The Kier molecular flexibility index (Phi) is 6.85. The topological polar surface area (TPSA) is 105 Å². The van der Waals surface area contributed by atoms with Crippen LogP contribution in [0.4, 0.5) is 21.9 Å². The van der Waals surface area contributed by atoms with E-state index in [4.69, 9.17) is 0 Å². The Hall–Kier alpha value is -4.63. The maximum atomic E-state index is 13.1. The zero-order chi connectivity index (χ0) is 26.8. The molecular weight excluding hydrogens is 482 g/mol. The Morgan fingerprint density at radius 1 is 0.921 bits per heavy atom. The highest BCUT2D eigenvalue weighted by Gasteiger charge is 2.29. The van der Waals surface area contributed by atoms with Gasteiger partial charge in [-0.1, -0.05) is 36.4 Å². The van der Waals surface area contributed by atoms with E-state index in [1.54, 1.807) is 18.0 Å². The molecule has 38 heavy (non-hydrogen) atoms. The number of rotatable bonds is 5. The third-order valence-corrected chi connectivity index (χ3v) is 6.91. The highest BCUT2D eigenvalue weighted by atomic mass is 16.4. The lowest BCUT2D eigenvalue weighted by molar-refractivity contribution is -0.110. The molecule has 2 heterocycles. The van der Waals surface area contributed by atoms with E-state index in [0.29, 0.717) is 35.6 Å². The summed E-state index contributed by atoms with van der Waals surface area (Å²) in [5.41, 5.74) is 4.52. The molecule has 3 amide bonds. The first-order chi connectivity index (χ1) is 18.3. The van der Waals surface area contributed by atoms with Gasteiger partial charge in [0, 0.05) is 50.2 Å². The van der Waals surface area contributed by atoms with Crippen molar-refractivity contribution in [3.63, 3.8) is 0 Å². The Morgan fingerprint density at radius 2 is 1.61 bits per heavy atom. The molecule has 9 nitrogen and oxygen atoms in total. The van der Waals surface area contributed by atoms with Gasteiger partial charge in [0.05, 0.1) is 22.5 Å². The van der Waals surface area contributed by atoms with Crippen molar-refractivity contribution in [3.8, 4) is 0 Å². The largest absolute Gasteiger partial charge is 0.478 e. The second kappa shape index (κ2) is 10.4. The Bertz CT molecular complexity index is 1410. The number of fused-ring (bicyclic) bond motifs is 1. The number of carboxylic acids is 1. The summed E-state index contributed by atoms with van der Waals surface area (Å²) in [5.74, 6) is -1.37. The molecule has 0 saturated carbocycles. The van der Waals surface area contributed by atoms with Gasteiger partial charge in [-0.3, -0.25) is 9.69 Å². The number of benzene rings is 3. The van der Waals surface area contributed by atoms with Gasteiger partial charge in [-0.15, -0.1) is 0 Å². The van der Waals surface area contributed by atoms with Crippen LogP contribution in [0, 0.1) is 0 Å². The fraction of sp³-hybridized carbons (Fsp3) is 0.207. The zero-order valence-corrected chi connectivity index (χ0v) is 21.3. The van der Waals surface area contributed by atoms with Gasteiger partial charge in [0.25, 0.3) is 5.91 Å². The summed E-state index contributed by atoms with van der Waals surface area (Å²) < 4.78 is 0. The molecule has 3 N–H and O–H groups in total. The molecule has 194 valence electrons. The summed E-state index contributed by atoms with van der Waals surface area (Å²) in [6, 6.07) is 21.5. The first kappa shape index (κ1) is 25.0. The smallest absolute Gasteiger partial charge is 0.335 e. The minimum absolute atomic E-state index is 0.0362. The second-order valence-electron chi connectivity index (χ2n) is 9.44. The number of amides is 3. The van der Waals surface area contributed by atoms with Gasteiger partial charge in [-0.25, -0.2) is 9.59 Å². The number of piperazine rings is 1. The average Bonchev–Trinajstić information content (AvgIpc) is 3.26. The van der Waals surface area contributed by atoms with Crippen LogP contribution in [0.2, 0.25) is 0 Å². The van der Waals surface area contributed by atoms with Crippen LogP contribution in [0.3, 0.4) is 0 Å². The van der Waals surface area contributed by atoms with E-state index in [0.717, 1.165) is 30.0 Å². The third kappa shape index (κ3) is 4.96. The van der Waals surface area contributed by atoms with Crippen molar-refractivity contribution in [2.24, 2.45) is 0 Å². The van der Waals surface area contributed by atoms with E-state index in [2.05, 4.69) is 22.6 Å². The predicted molar refractivity (Wildman–Crippen MR) is 148 cm³/mol. The average molecular weight is 512 g/mol. The van der Waals surface area contributed by atoms with Crippen LogP contribution in [0.25, 0.3) is 11.3 Å². The van der Waals surface area contributed by atoms with Crippen LogP contribution in [-0.2, 0) is 4.79 Å². The summed E-state index contributed by atoms with van der Waals surface area (Å²) in [5, 5.41) is 15.5. The second-order valence-corrected chi connectivity index (χ2v) is 9.44. The minimum Gasteiger partial charge on any atom is -0.478 e. The number of hydrogen-bond donors (Lipinski definition) is 3. The number of nitrogens with one attached hydrogen (secondary N) is 2. The maximum absolute atomic E-state index is 13.1. The lowest BCUT2D eigenvalue weighted by Crippen LogP contribution is -2.51. The van der Waals surface area contributed by atoms with Crippen molar-refractivity contribution < 1.29 is 19.5 Å². The fourth-order valence-electron chi connectivity index (χ4n) is 4.67. The van der Waals surface area contributed by atoms with Crippen molar-refractivity contribution in [2.45, 2.75) is 0 Å². The molecule has 0 atom stereocenters. The van der Waals surface area contributed by atoms with Gasteiger partial charge < -0.3 is 25.5 Å². The lowest BCUT2D eigenvalue weighted by Gasteiger charge is -2.35. The Morgan fingerprint density at radius 3 is 2.26 bits per heavy atom. The van der Waals surface area contributed by atoms with Crippen LogP contribution < -0.4 is 15.5 Å². The molecule has 0 radical (unpaired) electrons. The summed E-state index contributed by atoms with van der Waals surface area (Å²) in [6.07, 6.45) is 0. The van der Waals surface area contributed by atoms with Gasteiger partial charge in [0.2, 0.25) is 0 Å². The first-order valence-electron chi connectivity index (χ1n) is 12.4. The van der Waals surface area contributed by atoms with Crippen LogP contribution in [0.1, 0.15) is 21.5 Å². The number of carbonyl (C=O) groups is 3. The number of nitrogens with zero attached hydrogens (tertiary/aromatic N) is 3. The molecule has 0 aromatic heterocycles. The van der Waals surface area contributed by atoms with Crippen LogP contribution in [0.5, 0.6) is 0 Å². The molecule has 1 saturated heterocycles. The molecule has 0 spiro atoms. The SMILES string of the molecule is CN1CCN(C(=O)N(C)c2ccc(N/C(=C3\C(=O)Nc4cc(C(=O)O)ccc43)c3ccccc3)cc2)CC1. The van der Waals surface area contributed by atoms with Gasteiger partial charge in [-0.2, -0.15) is 0 Å². The van der Waals surface area contributed by atoms with E-state index in [9.17, 15) is 19.5 Å². The molecule has 3 aromatic rings. The van der Waals surface area contributed by atoms with E-state index in [1.807, 2.05) is 59.5 Å². The van der Waals surface area contributed by atoms with Crippen molar-refractivity contribution in [2.75, 3.05) is 55.8 Å². The van der Waals surface area contributed by atoms with Crippen molar-refractivity contribution >= 4 is 46.2 Å². The molecule has 1 fully saturated rings. The van der Waals surface area contributed by atoms with Gasteiger partial charge in [0.1, 0.15) is 0 Å². The minimum atomic E-state index is -1.06. The molecule has 0 unspecified atom stereocenters. The number of hydrogen-bond acceptors (Lipinski definition) is 5. The molecule has 9 heteroatoms. The predicted octanol–water partition coefficient (Wildman–Crippen LogP) is 4.12. The number of aromatic carboxylic acids is 1. The van der Waals surface area contributed by atoms with E-state index in [1.165, 1.54) is 12.1 Å². The molecule has 0 bridgehead atoms. The van der Waals surface area contributed by atoms with E-state index < -0.39 is 5.97 Å². The fourth-order valence-corrected chi connectivity index (χ4v) is 4.67. The highest BCUT2D eigenvalue weighted by Crippen LogP contribution is 2.38. The van der Waals surface area contributed by atoms with Gasteiger partial charge >= 0.3 is 12.0 Å². The number of likely N-dealkylation sites (N-methyl/N-ethyl adjacent to an activating group) is 1. The standard InChI is InChI=1S/C29H29N5O4/c1-32-14-16-34(17-15-32)29(38)33(2)22-11-9-21(10-12-22)30-26(19-6-4-3-5-7-19)25-23-13-8-20(28(36)37)18-24(23)31-27(25)35/h3-13,18,30H,14-17H2,1-2H3,(H,31,35)(H,36,37)/b26-25-. The zero-order valence-electron chi connectivity index (χ0n) is 21.3. The maximum Gasteiger partial charge on any atom is 0.335 e. The van der Waals surface area contributed by atoms with E-state index >= 15 is 0 Å². The summed E-state index contributed by atoms with van der Waals surface area (Å²) >= 11 is 0. The number of anilines is 3. The molecule has 3 aromatic carbocycles. The number of carbonyl (C=O) groups excluding carboxylic acids is 2. The van der Waals surface area contributed by atoms with Crippen LogP contribution in [-0.4, -0.2) is 73.1 Å². The molecular formula is C29H29N5O4. The van der Waals surface area contributed by atoms with Crippen LogP contribution in [0.15, 0.2) is 72.8 Å². The number of carboxylic acid groups (broad SMARTS) is 1. The van der Waals surface area contributed by atoms with Crippen LogP contribution >= 0.6 is 0 Å². The third-order valence-electron chi connectivity index (χ3n) is 6.91. The molecule has 2 aliphatic heterocycles. The highest BCUT2D eigenvalue weighted by molar-refractivity contribution is 6.37. The van der Waals surface area contributed by atoms with Gasteiger partial charge in [0.15, 0.2) is 0 Å². The first-order valence-corrected chi connectivity index (χ1v) is 12.4. The molecule has 0 aliphatic carbocycles. The summed E-state index contributed by atoms with van der Waals surface area (Å²) in [7, 11) is 3.82. The van der Waals surface area contributed by atoms with Crippen molar-refractivity contribution in [1.29, 1.82) is 0 Å². The molecule has 5 rings (SSSR count). The number of urea groups is 1. The Balaban J connectivity index is 1.44. The summed E-state index contributed by atoms with van der Waals surface area (Å²) in [4.78, 5) is 43.2. The monoisotopic (exact) mass is 511 g/mol. The van der Waals surface area contributed by atoms with Gasteiger partial charge in [-0.05, 0) is 49.0 Å². The lowest BCUT2D eigenvalue weighted by atomic mass is 9.99. The normalized spacial score (nSPS) is 16.5. The Labute approximate surface area is 221 Å². The van der Waals surface area contributed by atoms with Crippen molar-refractivity contribution in [3.05, 3.63) is 89.5 Å². The van der Waals surface area contributed by atoms with Crippen molar-refractivity contribution in [1.82, 2.24) is 9.80 Å². The quantitative estimate of drug-likeness (QED) is 0.445. The summed E-state index contributed by atoms with van der Waals surface area (Å²) in [6.45, 7) is 3.11. The van der Waals surface area contributed by atoms with E-state index in [-0.39, 0.29) is 17.5 Å². The molecule has 2 aliphatic rings.